The van der Waals surface area contributed by atoms with Crippen molar-refractivity contribution in [3.8, 4) is 0 Å². The standard InChI is InChI=1S/C28H28Cl2N4O3/c29-22-4-1-5-23(30)25(22)27(35)33-24(28(36)37)14-17-6-10-21(11-7-17)34-15-18(16-34)13-20-9-8-19-3-2-12-31-26(19)32-20/h1,4-11,18,24H,2-3,12-16H2,(H,31,32)(H,33,35)(H,36,37)/t24-/m0/s1. The van der Waals surface area contributed by atoms with Gasteiger partial charge in [-0.1, -0.05) is 47.5 Å². The highest BCUT2D eigenvalue weighted by atomic mass is 35.5. The van der Waals surface area contributed by atoms with E-state index >= 15 is 0 Å². The number of rotatable bonds is 8. The first-order chi connectivity index (χ1) is 17.9. The number of amides is 1. The zero-order valence-corrected chi connectivity index (χ0v) is 21.7. The summed E-state index contributed by atoms with van der Waals surface area (Å²) in [5.74, 6) is -0.147. The Balaban J connectivity index is 1.15. The van der Waals surface area contributed by atoms with Crippen LogP contribution < -0.4 is 15.5 Å². The van der Waals surface area contributed by atoms with Crippen molar-refractivity contribution < 1.29 is 14.7 Å². The van der Waals surface area contributed by atoms with Crippen LogP contribution in [0.15, 0.2) is 54.6 Å². The smallest absolute Gasteiger partial charge is 0.326 e. The van der Waals surface area contributed by atoms with Gasteiger partial charge in [-0.25, -0.2) is 9.78 Å². The third-order valence-corrected chi connectivity index (χ3v) is 7.57. The van der Waals surface area contributed by atoms with Crippen molar-refractivity contribution >= 4 is 46.6 Å². The number of carboxylic acid groups (broad SMARTS) is 1. The highest BCUT2D eigenvalue weighted by molar-refractivity contribution is 6.39. The molecule has 2 aliphatic heterocycles. The van der Waals surface area contributed by atoms with Crippen LogP contribution in [0.3, 0.4) is 0 Å². The molecule has 0 aliphatic carbocycles. The van der Waals surface area contributed by atoms with Crippen molar-refractivity contribution in [1.82, 2.24) is 10.3 Å². The summed E-state index contributed by atoms with van der Waals surface area (Å²) in [6.45, 7) is 2.90. The number of carboxylic acids is 1. The average Bonchev–Trinajstić information content (AvgIpc) is 2.86. The van der Waals surface area contributed by atoms with Gasteiger partial charge in [0.1, 0.15) is 11.9 Å². The van der Waals surface area contributed by atoms with Gasteiger partial charge in [0.2, 0.25) is 0 Å². The number of fused-ring (bicyclic) bond motifs is 1. The Labute approximate surface area is 225 Å². The van der Waals surface area contributed by atoms with Crippen LogP contribution in [0.5, 0.6) is 0 Å². The van der Waals surface area contributed by atoms with Crippen molar-refractivity contribution in [1.29, 1.82) is 0 Å². The first-order valence-electron chi connectivity index (χ1n) is 12.4. The molecule has 0 unspecified atom stereocenters. The fraction of sp³-hybridized carbons (Fsp3) is 0.321. The number of carbonyl (C=O) groups is 2. The van der Waals surface area contributed by atoms with Gasteiger partial charge in [-0.15, -0.1) is 0 Å². The molecule has 2 aliphatic rings. The summed E-state index contributed by atoms with van der Waals surface area (Å²) in [5, 5.41) is 16.0. The van der Waals surface area contributed by atoms with E-state index in [1.165, 1.54) is 17.7 Å². The van der Waals surface area contributed by atoms with E-state index in [0.29, 0.717) is 5.92 Å². The summed E-state index contributed by atoms with van der Waals surface area (Å²) in [5.41, 5.74) is 4.42. The van der Waals surface area contributed by atoms with Crippen LogP contribution in [0, 0.1) is 5.92 Å². The van der Waals surface area contributed by atoms with Gasteiger partial charge in [0.15, 0.2) is 0 Å². The lowest BCUT2D eigenvalue weighted by atomic mass is 9.93. The number of hydrogen-bond donors (Lipinski definition) is 3. The molecule has 0 spiro atoms. The van der Waals surface area contributed by atoms with Crippen LogP contribution in [-0.4, -0.2) is 47.6 Å². The number of aryl methyl sites for hydroxylation is 1. The van der Waals surface area contributed by atoms with Crippen molar-refractivity contribution in [2.45, 2.75) is 31.7 Å². The summed E-state index contributed by atoms with van der Waals surface area (Å²) in [4.78, 5) is 31.6. The lowest BCUT2D eigenvalue weighted by Gasteiger charge is -2.41. The second kappa shape index (κ2) is 11.0. The molecular formula is C28H28Cl2N4O3. The van der Waals surface area contributed by atoms with Gasteiger partial charge in [-0.3, -0.25) is 4.79 Å². The monoisotopic (exact) mass is 538 g/mol. The van der Waals surface area contributed by atoms with Crippen molar-refractivity contribution in [2.75, 3.05) is 29.9 Å². The largest absolute Gasteiger partial charge is 0.480 e. The van der Waals surface area contributed by atoms with Crippen LogP contribution >= 0.6 is 23.2 Å². The fourth-order valence-corrected chi connectivity index (χ4v) is 5.48. The van der Waals surface area contributed by atoms with Gasteiger partial charge >= 0.3 is 5.97 Å². The molecule has 3 aromatic rings. The molecule has 1 aromatic heterocycles. The number of nitrogens with one attached hydrogen (secondary N) is 2. The Morgan fingerprint density at radius 1 is 1.08 bits per heavy atom. The van der Waals surface area contributed by atoms with Gasteiger partial charge in [-0.2, -0.15) is 0 Å². The molecule has 9 heteroatoms. The molecule has 1 saturated heterocycles. The molecule has 0 radical (unpaired) electrons. The number of aromatic nitrogens is 1. The first kappa shape index (κ1) is 25.4. The molecule has 0 saturated carbocycles. The van der Waals surface area contributed by atoms with Crippen LogP contribution in [0.25, 0.3) is 0 Å². The molecule has 1 amide bonds. The highest BCUT2D eigenvalue weighted by Crippen LogP contribution is 2.29. The molecule has 3 N–H and O–H groups in total. The average molecular weight is 539 g/mol. The zero-order valence-electron chi connectivity index (χ0n) is 20.2. The Morgan fingerprint density at radius 3 is 2.51 bits per heavy atom. The normalized spacial score (nSPS) is 15.8. The fourth-order valence-electron chi connectivity index (χ4n) is 4.91. The minimum absolute atomic E-state index is 0.0709. The number of aliphatic carboxylic acids is 1. The van der Waals surface area contributed by atoms with E-state index in [2.05, 4.69) is 27.7 Å². The molecule has 37 heavy (non-hydrogen) atoms. The van der Waals surface area contributed by atoms with Gasteiger partial charge in [0, 0.05) is 37.4 Å². The quantitative estimate of drug-likeness (QED) is 0.379. The minimum atomic E-state index is -1.13. The second-order valence-electron chi connectivity index (χ2n) is 9.65. The third-order valence-electron chi connectivity index (χ3n) is 6.94. The summed E-state index contributed by atoms with van der Waals surface area (Å²) < 4.78 is 0. The Kier molecular flexibility index (Phi) is 7.53. The Bertz CT molecular complexity index is 1290. The number of hydrogen-bond acceptors (Lipinski definition) is 5. The maximum absolute atomic E-state index is 12.7. The Morgan fingerprint density at radius 2 is 1.81 bits per heavy atom. The van der Waals surface area contributed by atoms with Crippen LogP contribution in [0.1, 0.15) is 33.6 Å². The minimum Gasteiger partial charge on any atom is -0.480 e. The molecule has 1 atom stereocenters. The molecule has 192 valence electrons. The third kappa shape index (κ3) is 5.84. The number of pyridine rings is 1. The second-order valence-corrected chi connectivity index (χ2v) is 10.5. The van der Waals surface area contributed by atoms with Gasteiger partial charge in [0.05, 0.1) is 15.6 Å². The topological polar surface area (TPSA) is 94.6 Å². The zero-order chi connectivity index (χ0) is 25.9. The lowest BCUT2D eigenvalue weighted by Crippen LogP contribution is -2.47. The van der Waals surface area contributed by atoms with Crippen LogP contribution in [-0.2, 0) is 24.1 Å². The van der Waals surface area contributed by atoms with Crippen LogP contribution in [0.4, 0.5) is 11.5 Å². The summed E-state index contributed by atoms with van der Waals surface area (Å²) >= 11 is 12.2. The molecule has 5 rings (SSSR count). The van der Waals surface area contributed by atoms with Crippen molar-refractivity contribution in [3.05, 3.63) is 87.0 Å². The predicted octanol–water partition coefficient (Wildman–Crippen LogP) is 4.85. The molecule has 7 nitrogen and oxygen atoms in total. The van der Waals surface area contributed by atoms with Crippen LogP contribution in [0.2, 0.25) is 10.0 Å². The molecule has 1 fully saturated rings. The maximum Gasteiger partial charge on any atom is 0.326 e. The summed E-state index contributed by atoms with van der Waals surface area (Å²) in [6, 6.07) is 15.8. The number of anilines is 2. The van der Waals surface area contributed by atoms with Gasteiger partial charge in [-0.05, 0) is 66.6 Å². The molecule has 3 heterocycles. The van der Waals surface area contributed by atoms with E-state index in [9.17, 15) is 14.7 Å². The number of halogens is 2. The molecule has 2 aromatic carbocycles. The van der Waals surface area contributed by atoms with E-state index in [1.807, 2.05) is 24.3 Å². The highest BCUT2D eigenvalue weighted by Gasteiger charge is 2.28. The van der Waals surface area contributed by atoms with E-state index in [1.54, 1.807) is 6.07 Å². The van der Waals surface area contributed by atoms with Crippen molar-refractivity contribution in [3.63, 3.8) is 0 Å². The number of benzene rings is 2. The predicted molar refractivity (Wildman–Crippen MR) is 146 cm³/mol. The van der Waals surface area contributed by atoms with E-state index in [-0.39, 0.29) is 22.0 Å². The van der Waals surface area contributed by atoms with E-state index in [4.69, 9.17) is 28.2 Å². The molecular weight excluding hydrogens is 511 g/mol. The number of carbonyl (C=O) groups excluding carboxylic acids is 1. The molecule has 0 bridgehead atoms. The SMILES string of the molecule is O=C(N[C@@H](Cc1ccc(N2CC(Cc3ccc4c(n3)NCCC4)C2)cc1)C(=O)O)c1c(Cl)cccc1Cl. The van der Waals surface area contributed by atoms with Gasteiger partial charge in [0.25, 0.3) is 5.91 Å². The number of nitrogens with zero attached hydrogens (tertiary/aromatic N) is 2. The van der Waals surface area contributed by atoms with Gasteiger partial charge < -0.3 is 20.6 Å². The first-order valence-corrected chi connectivity index (χ1v) is 13.2. The van der Waals surface area contributed by atoms with Crippen molar-refractivity contribution in [2.24, 2.45) is 5.92 Å². The Hall–Kier alpha value is -3.29. The summed E-state index contributed by atoms with van der Waals surface area (Å²) in [6.07, 6.45) is 3.36. The van der Waals surface area contributed by atoms with E-state index in [0.717, 1.165) is 61.7 Å². The van der Waals surface area contributed by atoms with E-state index < -0.39 is 17.9 Å². The summed E-state index contributed by atoms with van der Waals surface area (Å²) in [7, 11) is 0. The maximum atomic E-state index is 12.7. The lowest BCUT2D eigenvalue weighted by molar-refractivity contribution is -0.139.